The molecule has 1 aromatic rings. The Morgan fingerprint density at radius 2 is 2.00 bits per heavy atom. The lowest BCUT2D eigenvalue weighted by molar-refractivity contribution is -0.142. The summed E-state index contributed by atoms with van der Waals surface area (Å²) in [6.07, 6.45) is -0.966. The summed E-state index contributed by atoms with van der Waals surface area (Å²) in [5.74, 6) is -1.38. The summed E-state index contributed by atoms with van der Waals surface area (Å²) in [5, 5.41) is 21.2. The fraction of sp³-hybridized carbons (Fsp3) is 0.462. The van der Waals surface area contributed by atoms with Gasteiger partial charge in [-0.2, -0.15) is 0 Å². The molecule has 0 aliphatic heterocycles. The predicted molar refractivity (Wildman–Crippen MR) is 70.0 cm³/mol. The van der Waals surface area contributed by atoms with Gasteiger partial charge in [-0.1, -0.05) is 6.07 Å². The van der Waals surface area contributed by atoms with Crippen molar-refractivity contribution < 1.29 is 24.5 Å². The molecular formula is C13H18N2O5. The molecule has 1 heterocycles. The van der Waals surface area contributed by atoms with E-state index >= 15 is 0 Å². The van der Waals surface area contributed by atoms with Crippen molar-refractivity contribution in [3.8, 4) is 0 Å². The van der Waals surface area contributed by atoms with Crippen molar-refractivity contribution in [2.24, 2.45) is 0 Å². The highest BCUT2D eigenvalue weighted by molar-refractivity contribution is 5.80. The number of ether oxygens (including phenoxy) is 1. The number of aliphatic hydroxyl groups excluding tert-OH is 1. The van der Waals surface area contributed by atoms with Crippen molar-refractivity contribution in [3.05, 3.63) is 30.1 Å². The minimum atomic E-state index is -1.54. The molecule has 0 saturated heterocycles. The van der Waals surface area contributed by atoms with Crippen LogP contribution in [0.4, 0.5) is 4.79 Å². The minimum absolute atomic E-state index is 0.149. The number of rotatable bonds is 4. The van der Waals surface area contributed by atoms with Gasteiger partial charge in [-0.05, 0) is 32.9 Å². The van der Waals surface area contributed by atoms with Crippen molar-refractivity contribution in [2.45, 2.75) is 38.5 Å². The third kappa shape index (κ3) is 4.85. The van der Waals surface area contributed by atoms with Crippen LogP contribution in [-0.4, -0.2) is 38.9 Å². The molecule has 1 amide bonds. The Bertz CT molecular complexity index is 469. The van der Waals surface area contributed by atoms with Crippen molar-refractivity contribution in [1.29, 1.82) is 0 Å². The molecule has 1 rings (SSSR count). The predicted octanol–water partition coefficient (Wildman–Crippen LogP) is 1.09. The SMILES string of the molecule is CC(C)(C)OC(=O)N[C@H](C(=O)O)[C@H](O)c1ccccn1. The molecular weight excluding hydrogens is 264 g/mol. The topological polar surface area (TPSA) is 109 Å². The van der Waals surface area contributed by atoms with E-state index in [0.29, 0.717) is 0 Å². The average molecular weight is 282 g/mol. The molecule has 0 spiro atoms. The van der Waals surface area contributed by atoms with Gasteiger partial charge in [0.15, 0.2) is 6.04 Å². The third-order valence-corrected chi connectivity index (χ3v) is 2.24. The fourth-order valence-corrected chi connectivity index (χ4v) is 1.43. The number of pyridine rings is 1. The number of carbonyl (C=O) groups is 2. The van der Waals surface area contributed by atoms with E-state index in [1.54, 1.807) is 32.9 Å². The number of carboxylic acid groups (broad SMARTS) is 1. The van der Waals surface area contributed by atoms with Crippen molar-refractivity contribution in [1.82, 2.24) is 10.3 Å². The number of carbonyl (C=O) groups excluding carboxylic acids is 1. The number of alkyl carbamates (subject to hydrolysis) is 1. The highest BCUT2D eigenvalue weighted by atomic mass is 16.6. The van der Waals surface area contributed by atoms with Gasteiger partial charge in [0.2, 0.25) is 0 Å². The Morgan fingerprint density at radius 1 is 1.35 bits per heavy atom. The summed E-state index contributed by atoms with van der Waals surface area (Å²) in [6, 6.07) is 3.17. The summed E-state index contributed by atoms with van der Waals surface area (Å²) in [4.78, 5) is 26.6. The highest BCUT2D eigenvalue weighted by Gasteiger charge is 2.31. The van der Waals surface area contributed by atoms with Crippen LogP contribution >= 0.6 is 0 Å². The molecule has 7 nitrogen and oxygen atoms in total. The molecule has 2 atom stereocenters. The lowest BCUT2D eigenvalue weighted by atomic mass is 10.1. The first-order valence-electron chi connectivity index (χ1n) is 6.02. The van der Waals surface area contributed by atoms with Gasteiger partial charge in [0.05, 0.1) is 5.69 Å². The molecule has 110 valence electrons. The van der Waals surface area contributed by atoms with Crippen LogP contribution < -0.4 is 5.32 Å². The lowest BCUT2D eigenvalue weighted by Gasteiger charge is -2.24. The molecule has 0 radical (unpaired) electrons. The number of aliphatic hydroxyl groups is 1. The molecule has 3 N–H and O–H groups in total. The second-order valence-corrected chi connectivity index (χ2v) is 5.16. The number of aromatic nitrogens is 1. The van der Waals surface area contributed by atoms with Crippen LogP contribution in [0.3, 0.4) is 0 Å². The number of nitrogens with one attached hydrogen (secondary N) is 1. The Morgan fingerprint density at radius 3 is 2.45 bits per heavy atom. The normalized spacial score (nSPS) is 14.2. The largest absolute Gasteiger partial charge is 0.480 e. The Hall–Kier alpha value is -2.15. The maximum atomic E-state index is 11.6. The number of amides is 1. The second kappa shape index (κ2) is 6.33. The van der Waals surface area contributed by atoms with Crippen LogP contribution in [0.15, 0.2) is 24.4 Å². The van der Waals surface area contributed by atoms with Gasteiger partial charge in [-0.25, -0.2) is 9.59 Å². The zero-order valence-corrected chi connectivity index (χ0v) is 11.5. The minimum Gasteiger partial charge on any atom is -0.480 e. The molecule has 0 bridgehead atoms. The van der Waals surface area contributed by atoms with E-state index < -0.39 is 29.8 Å². The van der Waals surface area contributed by atoms with Crippen molar-refractivity contribution in [2.75, 3.05) is 0 Å². The smallest absolute Gasteiger partial charge is 0.408 e. The van der Waals surface area contributed by atoms with E-state index in [2.05, 4.69) is 10.3 Å². The first-order valence-corrected chi connectivity index (χ1v) is 6.02. The van der Waals surface area contributed by atoms with Gasteiger partial charge in [0.25, 0.3) is 0 Å². The number of carboxylic acids is 1. The fourth-order valence-electron chi connectivity index (χ4n) is 1.43. The van der Waals surface area contributed by atoms with Crippen LogP contribution in [0.2, 0.25) is 0 Å². The van der Waals surface area contributed by atoms with Gasteiger partial charge in [0, 0.05) is 6.20 Å². The molecule has 0 aromatic carbocycles. The number of aliphatic carboxylic acids is 1. The number of hydrogen-bond donors (Lipinski definition) is 3. The van der Waals surface area contributed by atoms with E-state index in [1.807, 2.05) is 0 Å². The van der Waals surface area contributed by atoms with Gasteiger partial charge in [-0.15, -0.1) is 0 Å². The zero-order valence-electron chi connectivity index (χ0n) is 11.5. The third-order valence-electron chi connectivity index (χ3n) is 2.24. The summed E-state index contributed by atoms with van der Waals surface area (Å²) >= 11 is 0. The van der Waals surface area contributed by atoms with Crippen LogP contribution in [-0.2, 0) is 9.53 Å². The van der Waals surface area contributed by atoms with Gasteiger partial charge >= 0.3 is 12.1 Å². The first-order chi connectivity index (χ1) is 9.20. The Labute approximate surface area is 116 Å². The van der Waals surface area contributed by atoms with Crippen molar-refractivity contribution in [3.63, 3.8) is 0 Å². The molecule has 1 aromatic heterocycles. The van der Waals surface area contributed by atoms with Crippen molar-refractivity contribution >= 4 is 12.1 Å². The second-order valence-electron chi connectivity index (χ2n) is 5.16. The summed E-state index contributed by atoms with van der Waals surface area (Å²) in [5.41, 5.74) is -0.612. The van der Waals surface area contributed by atoms with E-state index in [1.165, 1.54) is 12.3 Å². The quantitative estimate of drug-likeness (QED) is 0.762. The molecule has 0 fully saturated rings. The van der Waals surface area contributed by atoms with Crippen LogP contribution in [0.5, 0.6) is 0 Å². The number of hydrogen-bond acceptors (Lipinski definition) is 5. The molecule has 0 aliphatic rings. The standard InChI is InChI=1S/C13H18N2O5/c1-13(2,3)20-12(19)15-9(11(17)18)10(16)8-6-4-5-7-14-8/h4-7,9-10,16H,1-3H3,(H,15,19)(H,17,18)/t9-,10+/m0/s1. The van der Waals surface area contributed by atoms with E-state index in [9.17, 15) is 14.7 Å². The zero-order chi connectivity index (χ0) is 15.3. The summed E-state index contributed by atoms with van der Waals surface area (Å²) in [6.45, 7) is 4.95. The van der Waals surface area contributed by atoms with Gasteiger partial charge in [-0.3, -0.25) is 4.98 Å². The maximum Gasteiger partial charge on any atom is 0.408 e. The first kappa shape index (κ1) is 15.9. The van der Waals surface area contributed by atoms with E-state index in [4.69, 9.17) is 9.84 Å². The summed E-state index contributed by atoms with van der Waals surface area (Å²) < 4.78 is 4.96. The molecule has 0 saturated carbocycles. The average Bonchev–Trinajstić information content (AvgIpc) is 2.34. The maximum absolute atomic E-state index is 11.6. The van der Waals surface area contributed by atoms with E-state index in [-0.39, 0.29) is 5.69 Å². The van der Waals surface area contributed by atoms with Crippen LogP contribution in [0, 0.1) is 0 Å². The van der Waals surface area contributed by atoms with Gasteiger partial charge < -0.3 is 20.3 Å². The van der Waals surface area contributed by atoms with Crippen LogP contribution in [0.25, 0.3) is 0 Å². The summed E-state index contributed by atoms with van der Waals surface area (Å²) in [7, 11) is 0. The van der Waals surface area contributed by atoms with Gasteiger partial charge in [0.1, 0.15) is 11.7 Å². The molecule has 20 heavy (non-hydrogen) atoms. The molecule has 7 heteroatoms. The highest BCUT2D eigenvalue weighted by Crippen LogP contribution is 2.15. The Kier molecular flexibility index (Phi) is 5.04. The molecule has 0 unspecified atom stereocenters. The lowest BCUT2D eigenvalue weighted by Crippen LogP contribution is -2.47. The van der Waals surface area contributed by atoms with E-state index in [0.717, 1.165) is 0 Å². The Balaban J connectivity index is 2.80. The monoisotopic (exact) mass is 282 g/mol. The number of nitrogens with zero attached hydrogens (tertiary/aromatic N) is 1. The van der Waals surface area contributed by atoms with Crippen LogP contribution in [0.1, 0.15) is 32.6 Å². The molecule has 0 aliphatic carbocycles.